The van der Waals surface area contributed by atoms with Gasteiger partial charge >= 0.3 is 17.9 Å². The minimum Gasteiger partial charge on any atom is -0.469 e. The zero-order chi connectivity index (χ0) is 15.8. The van der Waals surface area contributed by atoms with Crippen molar-refractivity contribution < 1.29 is 28.6 Å². The molecule has 1 aliphatic rings. The topological polar surface area (TPSA) is 78.9 Å². The Kier molecular flexibility index (Phi) is 7.19. The Balaban J connectivity index is 3.00. The van der Waals surface area contributed by atoms with Crippen LogP contribution in [0, 0.1) is 17.8 Å². The highest BCUT2D eigenvalue weighted by Gasteiger charge is 2.42. The van der Waals surface area contributed by atoms with Gasteiger partial charge in [-0.15, -0.1) is 0 Å². The molecule has 6 nitrogen and oxygen atoms in total. The van der Waals surface area contributed by atoms with Crippen LogP contribution in [0.1, 0.15) is 38.5 Å². The highest BCUT2D eigenvalue weighted by molar-refractivity contribution is 5.86. The fourth-order valence-electron chi connectivity index (χ4n) is 3.09. The molecule has 0 saturated heterocycles. The average Bonchev–Trinajstić information content (AvgIpc) is 2.53. The van der Waals surface area contributed by atoms with Gasteiger partial charge in [-0.25, -0.2) is 0 Å². The standard InChI is InChI=1S/C15H24O6/c1-19-12(16)9-11(14(17)20-2)13(15(18)21-3)10-7-5-4-6-8-10/h10-11,13H,4-9H2,1-3H3/t11-,13+/m1/s1. The summed E-state index contributed by atoms with van der Waals surface area (Å²) in [4.78, 5) is 35.7. The molecule has 0 bridgehead atoms. The number of esters is 3. The molecule has 0 unspecified atom stereocenters. The fraction of sp³-hybridized carbons (Fsp3) is 0.800. The molecule has 0 radical (unpaired) electrons. The summed E-state index contributed by atoms with van der Waals surface area (Å²) < 4.78 is 14.3. The van der Waals surface area contributed by atoms with Gasteiger partial charge in [-0.05, 0) is 18.8 Å². The van der Waals surface area contributed by atoms with Gasteiger partial charge in [0.1, 0.15) is 0 Å². The SMILES string of the molecule is COC(=O)C[C@@H](C(=O)OC)[C@@H](C(=O)OC)C1CCCCC1. The van der Waals surface area contributed by atoms with Gasteiger partial charge in [0.25, 0.3) is 0 Å². The van der Waals surface area contributed by atoms with Crippen LogP contribution in [-0.4, -0.2) is 39.2 Å². The summed E-state index contributed by atoms with van der Waals surface area (Å²) in [6, 6.07) is 0. The maximum atomic E-state index is 12.2. The Hall–Kier alpha value is -1.59. The second-order valence-electron chi connectivity index (χ2n) is 5.36. The number of carbonyl (C=O) groups excluding carboxylic acids is 3. The van der Waals surface area contributed by atoms with E-state index in [0.717, 1.165) is 32.1 Å². The second-order valence-corrected chi connectivity index (χ2v) is 5.36. The van der Waals surface area contributed by atoms with Crippen molar-refractivity contribution >= 4 is 17.9 Å². The summed E-state index contributed by atoms with van der Waals surface area (Å²) >= 11 is 0. The van der Waals surface area contributed by atoms with E-state index in [1.54, 1.807) is 0 Å². The number of rotatable bonds is 6. The summed E-state index contributed by atoms with van der Waals surface area (Å²) in [5.74, 6) is -3.02. The van der Waals surface area contributed by atoms with Gasteiger partial charge in [-0.2, -0.15) is 0 Å². The molecule has 1 rings (SSSR count). The summed E-state index contributed by atoms with van der Waals surface area (Å²) in [6.45, 7) is 0. The van der Waals surface area contributed by atoms with Crippen molar-refractivity contribution in [2.75, 3.05) is 21.3 Å². The molecule has 0 aromatic heterocycles. The van der Waals surface area contributed by atoms with E-state index in [0.29, 0.717) is 0 Å². The Bertz CT molecular complexity index is 372. The summed E-state index contributed by atoms with van der Waals surface area (Å²) in [7, 11) is 3.80. The number of hydrogen-bond acceptors (Lipinski definition) is 6. The van der Waals surface area contributed by atoms with Crippen molar-refractivity contribution in [3.05, 3.63) is 0 Å². The molecule has 6 heteroatoms. The maximum absolute atomic E-state index is 12.2. The molecule has 120 valence electrons. The van der Waals surface area contributed by atoms with Crippen molar-refractivity contribution in [2.45, 2.75) is 38.5 Å². The molecular weight excluding hydrogens is 276 g/mol. The molecule has 1 saturated carbocycles. The van der Waals surface area contributed by atoms with Crippen LogP contribution in [0.25, 0.3) is 0 Å². The second kappa shape index (κ2) is 8.64. The van der Waals surface area contributed by atoms with Crippen LogP contribution in [-0.2, 0) is 28.6 Å². The van der Waals surface area contributed by atoms with Gasteiger partial charge in [0, 0.05) is 0 Å². The third-order valence-corrected chi connectivity index (χ3v) is 4.18. The first-order chi connectivity index (χ1) is 10.0. The van der Waals surface area contributed by atoms with E-state index in [4.69, 9.17) is 9.47 Å². The first kappa shape index (κ1) is 17.5. The van der Waals surface area contributed by atoms with E-state index < -0.39 is 29.7 Å². The predicted molar refractivity (Wildman–Crippen MR) is 74.2 cm³/mol. The smallest absolute Gasteiger partial charge is 0.310 e. The van der Waals surface area contributed by atoms with E-state index in [1.807, 2.05) is 0 Å². The van der Waals surface area contributed by atoms with Crippen LogP contribution >= 0.6 is 0 Å². The van der Waals surface area contributed by atoms with Crippen LogP contribution in [0.4, 0.5) is 0 Å². The minimum atomic E-state index is -0.849. The number of methoxy groups -OCH3 is 3. The lowest BCUT2D eigenvalue weighted by atomic mass is 9.73. The highest BCUT2D eigenvalue weighted by Crippen LogP contribution is 2.36. The van der Waals surface area contributed by atoms with Gasteiger partial charge < -0.3 is 14.2 Å². The molecular formula is C15H24O6. The van der Waals surface area contributed by atoms with Gasteiger partial charge in [-0.3, -0.25) is 14.4 Å². The third-order valence-electron chi connectivity index (χ3n) is 4.18. The average molecular weight is 300 g/mol. The highest BCUT2D eigenvalue weighted by atomic mass is 16.5. The molecule has 0 heterocycles. The maximum Gasteiger partial charge on any atom is 0.310 e. The Morgan fingerprint density at radius 2 is 1.48 bits per heavy atom. The first-order valence-corrected chi connectivity index (χ1v) is 7.27. The molecule has 0 spiro atoms. The van der Waals surface area contributed by atoms with E-state index in [-0.39, 0.29) is 12.3 Å². The third kappa shape index (κ3) is 4.72. The molecule has 1 fully saturated rings. The Labute approximate surface area is 125 Å². The predicted octanol–water partition coefficient (Wildman–Crippen LogP) is 1.71. The summed E-state index contributed by atoms with van der Waals surface area (Å²) in [6.07, 6.45) is 4.71. The fourth-order valence-corrected chi connectivity index (χ4v) is 3.09. The van der Waals surface area contributed by atoms with Crippen LogP contribution < -0.4 is 0 Å². The largest absolute Gasteiger partial charge is 0.469 e. The van der Waals surface area contributed by atoms with Crippen molar-refractivity contribution in [1.82, 2.24) is 0 Å². The van der Waals surface area contributed by atoms with Crippen molar-refractivity contribution in [1.29, 1.82) is 0 Å². The van der Waals surface area contributed by atoms with Gasteiger partial charge in [0.05, 0.1) is 39.6 Å². The molecule has 0 aliphatic heterocycles. The first-order valence-electron chi connectivity index (χ1n) is 7.27. The van der Waals surface area contributed by atoms with E-state index in [9.17, 15) is 14.4 Å². The van der Waals surface area contributed by atoms with Crippen molar-refractivity contribution in [2.24, 2.45) is 17.8 Å². The van der Waals surface area contributed by atoms with Gasteiger partial charge in [-0.1, -0.05) is 19.3 Å². The number of ether oxygens (including phenoxy) is 3. The van der Waals surface area contributed by atoms with Crippen LogP contribution in [0.3, 0.4) is 0 Å². The van der Waals surface area contributed by atoms with Crippen LogP contribution in [0.15, 0.2) is 0 Å². The van der Waals surface area contributed by atoms with Crippen LogP contribution in [0.2, 0.25) is 0 Å². The molecule has 21 heavy (non-hydrogen) atoms. The van der Waals surface area contributed by atoms with Crippen molar-refractivity contribution in [3.63, 3.8) is 0 Å². The lowest BCUT2D eigenvalue weighted by Crippen LogP contribution is -2.39. The van der Waals surface area contributed by atoms with Crippen molar-refractivity contribution in [3.8, 4) is 0 Å². The number of carbonyl (C=O) groups is 3. The lowest BCUT2D eigenvalue weighted by Gasteiger charge is -2.32. The summed E-state index contributed by atoms with van der Waals surface area (Å²) in [5.41, 5.74) is 0. The monoisotopic (exact) mass is 300 g/mol. The van der Waals surface area contributed by atoms with E-state index in [1.165, 1.54) is 21.3 Å². The Morgan fingerprint density at radius 1 is 0.905 bits per heavy atom. The molecule has 0 aromatic carbocycles. The summed E-state index contributed by atoms with van der Waals surface area (Å²) in [5, 5.41) is 0. The van der Waals surface area contributed by atoms with Crippen LogP contribution in [0.5, 0.6) is 0 Å². The lowest BCUT2D eigenvalue weighted by molar-refractivity contribution is -0.163. The molecule has 2 atom stereocenters. The van der Waals surface area contributed by atoms with E-state index in [2.05, 4.69) is 4.74 Å². The normalized spacial score (nSPS) is 18.4. The van der Waals surface area contributed by atoms with Gasteiger partial charge in [0.15, 0.2) is 0 Å². The molecule has 0 amide bonds. The zero-order valence-corrected chi connectivity index (χ0v) is 12.9. The number of hydrogen-bond donors (Lipinski definition) is 0. The van der Waals surface area contributed by atoms with Gasteiger partial charge in [0.2, 0.25) is 0 Å². The molecule has 1 aliphatic carbocycles. The Morgan fingerprint density at radius 3 is 1.95 bits per heavy atom. The minimum absolute atomic E-state index is 0.0416. The van der Waals surface area contributed by atoms with E-state index >= 15 is 0 Å². The zero-order valence-electron chi connectivity index (χ0n) is 12.9. The molecule has 0 aromatic rings. The molecule has 0 N–H and O–H groups in total. The quantitative estimate of drug-likeness (QED) is 0.549.